The molecule has 3 fully saturated rings. The lowest BCUT2D eigenvalue weighted by Gasteiger charge is -2.58. The van der Waals surface area contributed by atoms with Crippen molar-refractivity contribution in [2.45, 2.75) is 144 Å². The molecule has 42 heavy (non-hydrogen) atoms. The van der Waals surface area contributed by atoms with Crippen LogP contribution in [0, 0.1) is 52.3 Å². The van der Waals surface area contributed by atoms with Crippen molar-refractivity contribution >= 4 is 5.97 Å². The van der Waals surface area contributed by atoms with Crippen LogP contribution in [-0.2, 0) is 9.53 Å². The van der Waals surface area contributed by atoms with Crippen LogP contribution in [0.4, 0.5) is 0 Å². The van der Waals surface area contributed by atoms with Crippen LogP contribution >= 0.6 is 0 Å². The van der Waals surface area contributed by atoms with Gasteiger partial charge in [0.2, 0.25) is 0 Å². The second kappa shape index (κ2) is 14.9. The van der Waals surface area contributed by atoms with Gasteiger partial charge in [0.25, 0.3) is 0 Å². The van der Waals surface area contributed by atoms with Crippen molar-refractivity contribution in [3.05, 3.63) is 48.1 Å². The first-order valence-corrected chi connectivity index (χ1v) is 18.0. The molecule has 9 unspecified atom stereocenters. The fourth-order valence-electron chi connectivity index (χ4n) is 9.67. The molecule has 0 aromatic carbocycles. The molecule has 236 valence electrons. The van der Waals surface area contributed by atoms with E-state index < -0.39 is 0 Å². The van der Waals surface area contributed by atoms with Gasteiger partial charge in [-0.1, -0.05) is 96.6 Å². The number of hydrogen-bond acceptors (Lipinski definition) is 2. The van der Waals surface area contributed by atoms with E-state index in [1.165, 1.54) is 38.5 Å². The first-order chi connectivity index (χ1) is 20.1. The first-order valence-electron chi connectivity index (χ1n) is 18.0. The van der Waals surface area contributed by atoms with Crippen molar-refractivity contribution in [2.24, 2.45) is 52.3 Å². The molecular weight excluding hydrogens is 512 g/mol. The average Bonchev–Trinajstić information content (AvgIpc) is 3.32. The Labute approximate surface area is 259 Å². The zero-order valence-corrected chi connectivity index (χ0v) is 28.4. The highest BCUT2D eigenvalue weighted by Gasteiger charge is 2.59. The predicted octanol–water partition coefficient (Wildman–Crippen LogP) is 11.4. The summed E-state index contributed by atoms with van der Waals surface area (Å²) in [4.78, 5) is 12.7. The average molecular weight is 577 g/mol. The van der Waals surface area contributed by atoms with Gasteiger partial charge in [0, 0.05) is 12.8 Å². The van der Waals surface area contributed by atoms with Crippen molar-refractivity contribution < 1.29 is 9.53 Å². The number of rotatable bonds is 13. The third-order valence-electron chi connectivity index (χ3n) is 12.7. The first kappa shape index (κ1) is 33.3. The van der Waals surface area contributed by atoms with Crippen LogP contribution in [0.2, 0.25) is 0 Å². The molecule has 0 spiro atoms. The van der Waals surface area contributed by atoms with Crippen molar-refractivity contribution in [1.82, 2.24) is 0 Å². The van der Waals surface area contributed by atoms with Gasteiger partial charge in [0.15, 0.2) is 0 Å². The lowest BCUT2D eigenvalue weighted by molar-refractivity contribution is -0.151. The highest BCUT2D eigenvalue weighted by molar-refractivity contribution is 5.69. The predicted molar refractivity (Wildman–Crippen MR) is 179 cm³/mol. The summed E-state index contributed by atoms with van der Waals surface area (Å²) in [5, 5.41) is 0. The van der Waals surface area contributed by atoms with Crippen LogP contribution in [0.5, 0.6) is 0 Å². The third-order valence-corrected chi connectivity index (χ3v) is 12.7. The number of allylic oxidation sites excluding steroid dienone is 7. The standard InChI is InChI=1S/C40H64O2/c1-8-9-10-11-12-13-14-15-16-17-38(41)42-33-24-26-39(6)32(28-33)20-21-34-36-23-22-35(40(36,7)27-25-37(34)39)31(5)19-18-30(4)29(2)3/h9-10,12-13,18-20,29-31,33-37H,8,11,14-17,21-28H2,1-7H3/b10-9-,13-12-,19-18+. The molecule has 2 nitrogen and oxygen atoms in total. The highest BCUT2D eigenvalue weighted by atomic mass is 16.5. The Balaban J connectivity index is 1.28. The molecule has 0 radical (unpaired) electrons. The van der Waals surface area contributed by atoms with E-state index in [2.05, 4.69) is 91.0 Å². The molecule has 0 aromatic heterocycles. The summed E-state index contributed by atoms with van der Waals surface area (Å²) in [6.45, 7) is 17.0. The van der Waals surface area contributed by atoms with Crippen LogP contribution in [0.3, 0.4) is 0 Å². The molecule has 3 saturated carbocycles. The molecule has 0 aliphatic heterocycles. The minimum atomic E-state index is 0.0177. The van der Waals surface area contributed by atoms with E-state index in [1.807, 2.05) is 0 Å². The second-order valence-electron chi connectivity index (χ2n) is 15.5. The maximum absolute atomic E-state index is 12.7. The molecule has 0 bridgehead atoms. The summed E-state index contributed by atoms with van der Waals surface area (Å²) in [5.74, 6) is 5.41. The molecule has 0 heterocycles. The summed E-state index contributed by atoms with van der Waals surface area (Å²) in [5.41, 5.74) is 2.41. The van der Waals surface area contributed by atoms with Gasteiger partial charge in [-0.25, -0.2) is 0 Å². The van der Waals surface area contributed by atoms with Crippen LogP contribution in [0.25, 0.3) is 0 Å². The molecular formula is C40H64O2. The Morgan fingerprint density at radius 3 is 2.50 bits per heavy atom. The third kappa shape index (κ3) is 7.55. The van der Waals surface area contributed by atoms with Gasteiger partial charge in [0.1, 0.15) is 6.10 Å². The van der Waals surface area contributed by atoms with Crippen LogP contribution < -0.4 is 0 Å². The van der Waals surface area contributed by atoms with Gasteiger partial charge in [-0.05, 0) is 129 Å². The number of fused-ring (bicyclic) bond motifs is 5. The largest absolute Gasteiger partial charge is 0.462 e. The number of carbonyl (C=O) groups is 1. The number of carbonyl (C=O) groups excluding carboxylic acids is 1. The molecule has 0 N–H and O–H groups in total. The fraction of sp³-hybridized carbons (Fsp3) is 0.775. The maximum Gasteiger partial charge on any atom is 0.306 e. The molecule has 4 rings (SSSR count). The van der Waals surface area contributed by atoms with Gasteiger partial charge < -0.3 is 4.74 Å². The Hall–Kier alpha value is -1.57. The van der Waals surface area contributed by atoms with Crippen molar-refractivity contribution in [2.75, 3.05) is 0 Å². The molecule has 9 atom stereocenters. The summed E-state index contributed by atoms with van der Waals surface area (Å²) in [6.07, 6.45) is 32.5. The molecule has 0 aromatic rings. The Morgan fingerprint density at radius 2 is 1.74 bits per heavy atom. The van der Waals surface area contributed by atoms with Crippen LogP contribution in [-0.4, -0.2) is 12.1 Å². The number of ether oxygens (including phenoxy) is 1. The normalized spacial score (nSPS) is 36.2. The zero-order valence-electron chi connectivity index (χ0n) is 28.4. The van der Waals surface area contributed by atoms with E-state index in [4.69, 9.17) is 4.74 Å². The van der Waals surface area contributed by atoms with Crippen molar-refractivity contribution in [3.63, 3.8) is 0 Å². The van der Waals surface area contributed by atoms with E-state index in [0.29, 0.717) is 35.0 Å². The summed E-state index contributed by atoms with van der Waals surface area (Å²) < 4.78 is 6.06. The van der Waals surface area contributed by atoms with Gasteiger partial charge in [-0.15, -0.1) is 0 Å². The van der Waals surface area contributed by atoms with E-state index in [1.54, 1.807) is 5.57 Å². The van der Waals surface area contributed by atoms with E-state index in [0.717, 1.165) is 68.6 Å². The lowest BCUT2D eigenvalue weighted by atomic mass is 9.47. The van der Waals surface area contributed by atoms with E-state index >= 15 is 0 Å². The maximum atomic E-state index is 12.7. The Morgan fingerprint density at radius 1 is 0.952 bits per heavy atom. The summed E-state index contributed by atoms with van der Waals surface area (Å²) in [6, 6.07) is 0. The van der Waals surface area contributed by atoms with Crippen molar-refractivity contribution in [1.29, 1.82) is 0 Å². The number of unbranched alkanes of at least 4 members (excludes halogenated alkanes) is 2. The SMILES string of the molecule is CC/C=C\C/C=C\CCCCC(=O)OC1CCC2(C)C(=CCC3C2CCC2(C)C(C(C)/C=C/C(C)C(C)C)CCC32)C1. The molecule has 4 aliphatic rings. The van der Waals surface area contributed by atoms with Gasteiger partial charge >= 0.3 is 5.97 Å². The molecule has 4 aliphatic carbocycles. The summed E-state index contributed by atoms with van der Waals surface area (Å²) in [7, 11) is 0. The fourth-order valence-corrected chi connectivity index (χ4v) is 9.67. The smallest absolute Gasteiger partial charge is 0.306 e. The lowest BCUT2D eigenvalue weighted by Crippen LogP contribution is -2.51. The molecule has 0 amide bonds. The quantitative estimate of drug-likeness (QED) is 0.124. The van der Waals surface area contributed by atoms with Gasteiger partial charge in [-0.2, -0.15) is 0 Å². The minimum Gasteiger partial charge on any atom is -0.462 e. The van der Waals surface area contributed by atoms with Gasteiger partial charge in [0.05, 0.1) is 0 Å². The Kier molecular flexibility index (Phi) is 11.9. The van der Waals surface area contributed by atoms with Crippen LogP contribution in [0.15, 0.2) is 48.1 Å². The zero-order chi connectivity index (χ0) is 30.3. The molecule has 2 heteroatoms. The highest BCUT2D eigenvalue weighted by Crippen LogP contribution is 2.67. The second-order valence-corrected chi connectivity index (χ2v) is 15.5. The Bertz CT molecular complexity index is 999. The van der Waals surface area contributed by atoms with Crippen molar-refractivity contribution in [3.8, 4) is 0 Å². The van der Waals surface area contributed by atoms with Crippen LogP contribution in [0.1, 0.15) is 138 Å². The summed E-state index contributed by atoms with van der Waals surface area (Å²) >= 11 is 0. The topological polar surface area (TPSA) is 26.3 Å². The number of esters is 1. The van der Waals surface area contributed by atoms with Gasteiger partial charge in [-0.3, -0.25) is 4.79 Å². The van der Waals surface area contributed by atoms with E-state index in [-0.39, 0.29) is 12.1 Å². The monoisotopic (exact) mass is 576 g/mol. The van der Waals surface area contributed by atoms with E-state index in [9.17, 15) is 4.79 Å². The number of hydrogen-bond donors (Lipinski definition) is 0. The minimum absolute atomic E-state index is 0.0177. The molecule has 0 saturated heterocycles.